The number of benzene rings is 1. The standard InChI is InChI=1S/C14H14Cl2N2O/c1-3-6-18-13(12(16)8-17-18)14(19)10-5-4-9(2)11(15)7-10/h4-5,7-8H,3,6H2,1-2H3. The lowest BCUT2D eigenvalue weighted by Crippen LogP contribution is -2.12. The Balaban J connectivity index is 2.43. The molecule has 0 saturated carbocycles. The van der Waals surface area contributed by atoms with E-state index in [2.05, 4.69) is 5.10 Å². The number of carbonyl (C=O) groups excluding carboxylic acids is 1. The smallest absolute Gasteiger partial charge is 0.212 e. The summed E-state index contributed by atoms with van der Waals surface area (Å²) in [7, 11) is 0. The lowest BCUT2D eigenvalue weighted by Gasteiger charge is -2.07. The largest absolute Gasteiger partial charge is 0.287 e. The molecule has 0 radical (unpaired) electrons. The van der Waals surface area contributed by atoms with Crippen molar-refractivity contribution in [2.45, 2.75) is 26.8 Å². The van der Waals surface area contributed by atoms with Crippen LogP contribution >= 0.6 is 23.2 Å². The second kappa shape index (κ2) is 5.76. The van der Waals surface area contributed by atoms with Crippen molar-refractivity contribution in [3.05, 3.63) is 51.3 Å². The molecular weight excluding hydrogens is 283 g/mol. The van der Waals surface area contributed by atoms with E-state index in [9.17, 15) is 4.79 Å². The molecule has 0 saturated heterocycles. The summed E-state index contributed by atoms with van der Waals surface area (Å²) in [6.45, 7) is 4.57. The molecule has 1 heterocycles. The maximum absolute atomic E-state index is 12.5. The molecule has 2 aromatic rings. The molecule has 0 aliphatic rings. The van der Waals surface area contributed by atoms with E-state index < -0.39 is 0 Å². The van der Waals surface area contributed by atoms with Crippen LogP contribution in [0.15, 0.2) is 24.4 Å². The minimum atomic E-state index is -0.155. The van der Waals surface area contributed by atoms with Gasteiger partial charge in [0.1, 0.15) is 5.69 Å². The van der Waals surface area contributed by atoms with Gasteiger partial charge in [-0.05, 0) is 25.0 Å². The van der Waals surface area contributed by atoms with Crippen LogP contribution in [-0.4, -0.2) is 15.6 Å². The molecule has 5 heteroatoms. The van der Waals surface area contributed by atoms with Gasteiger partial charge in [-0.3, -0.25) is 9.48 Å². The van der Waals surface area contributed by atoms with Crippen LogP contribution in [0.3, 0.4) is 0 Å². The van der Waals surface area contributed by atoms with Gasteiger partial charge in [-0.1, -0.05) is 42.3 Å². The van der Waals surface area contributed by atoms with E-state index in [0.29, 0.717) is 27.8 Å². The van der Waals surface area contributed by atoms with Crippen LogP contribution in [-0.2, 0) is 6.54 Å². The molecule has 0 unspecified atom stereocenters. The number of ketones is 1. The van der Waals surface area contributed by atoms with E-state index in [1.807, 2.05) is 19.9 Å². The quantitative estimate of drug-likeness (QED) is 0.795. The summed E-state index contributed by atoms with van der Waals surface area (Å²) < 4.78 is 1.64. The predicted molar refractivity (Wildman–Crippen MR) is 77.1 cm³/mol. The molecule has 0 fully saturated rings. The Labute approximate surface area is 122 Å². The van der Waals surface area contributed by atoms with Gasteiger partial charge in [-0.15, -0.1) is 0 Å². The molecule has 0 N–H and O–H groups in total. The zero-order chi connectivity index (χ0) is 14.0. The fraction of sp³-hybridized carbons (Fsp3) is 0.286. The van der Waals surface area contributed by atoms with Gasteiger partial charge in [0.25, 0.3) is 0 Å². The molecule has 0 spiro atoms. The van der Waals surface area contributed by atoms with E-state index in [4.69, 9.17) is 23.2 Å². The Hall–Kier alpha value is -1.32. The van der Waals surface area contributed by atoms with Gasteiger partial charge in [0.15, 0.2) is 0 Å². The van der Waals surface area contributed by atoms with Gasteiger partial charge in [0.05, 0.1) is 11.2 Å². The van der Waals surface area contributed by atoms with Gasteiger partial charge in [0, 0.05) is 17.1 Å². The molecule has 0 aliphatic heterocycles. The van der Waals surface area contributed by atoms with Crippen molar-refractivity contribution in [3.8, 4) is 0 Å². The van der Waals surface area contributed by atoms with Gasteiger partial charge in [-0.25, -0.2) is 0 Å². The van der Waals surface area contributed by atoms with Crippen molar-refractivity contribution < 1.29 is 4.79 Å². The number of hydrogen-bond donors (Lipinski definition) is 0. The van der Waals surface area contributed by atoms with Gasteiger partial charge < -0.3 is 0 Å². The fourth-order valence-corrected chi connectivity index (χ4v) is 2.25. The maximum Gasteiger partial charge on any atom is 0.212 e. The number of aromatic nitrogens is 2. The van der Waals surface area contributed by atoms with Crippen LogP contribution in [0.25, 0.3) is 0 Å². The van der Waals surface area contributed by atoms with Crippen LogP contribution in [0.1, 0.15) is 35.0 Å². The number of hydrogen-bond acceptors (Lipinski definition) is 2. The first-order valence-electron chi connectivity index (χ1n) is 6.06. The number of halogens is 2. The van der Waals surface area contributed by atoms with Gasteiger partial charge >= 0.3 is 0 Å². The molecule has 1 aromatic heterocycles. The van der Waals surface area contributed by atoms with E-state index >= 15 is 0 Å². The second-order valence-electron chi connectivity index (χ2n) is 4.36. The number of nitrogens with zero attached hydrogens (tertiary/aromatic N) is 2. The van der Waals surface area contributed by atoms with Crippen molar-refractivity contribution in [1.82, 2.24) is 9.78 Å². The molecule has 0 amide bonds. The van der Waals surface area contributed by atoms with Crippen LogP contribution < -0.4 is 0 Å². The summed E-state index contributed by atoms with van der Waals surface area (Å²) in [6, 6.07) is 5.24. The average molecular weight is 297 g/mol. The van der Waals surface area contributed by atoms with E-state index in [0.717, 1.165) is 12.0 Å². The first-order chi connectivity index (χ1) is 9.04. The van der Waals surface area contributed by atoms with Gasteiger partial charge in [0.2, 0.25) is 5.78 Å². The highest BCUT2D eigenvalue weighted by molar-refractivity contribution is 6.35. The summed E-state index contributed by atoms with van der Waals surface area (Å²) in [5.74, 6) is -0.155. The predicted octanol–water partition coefficient (Wildman–Crippen LogP) is 4.14. The summed E-state index contributed by atoms with van der Waals surface area (Å²) in [6.07, 6.45) is 2.38. The molecule has 2 rings (SSSR count). The van der Waals surface area contributed by atoms with Crippen LogP contribution in [0.5, 0.6) is 0 Å². The Morgan fingerprint density at radius 1 is 1.32 bits per heavy atom. The van der Waals surface area contributed by atoms with Crippen LogP contribution in [0.2, 0.25) is 10.0 Å². The molecular formula is C14H14Cl2N2O. The SMILES string of the molecule is CCCn1ncc(Cl)c1C(=O)c1ccc(C)c(Cl)c1. The van der Waals surface area contributed by atoms with Crippen molar-refractivity contribution in [3.63, 3.8) is 0 Å². The van der Waals surface area contributed by atoms with Crippen molar-refractivity contribution >= 4 is 29.0 Å². The lowest BCUT2D eigenvalue weighted by atomic mass is 10.1. The summed E-state index contributed by atoms with van der Waals surface area (Å²) in [5, 5.41) is 5.07. The molecule has 1 aromatic carbocycles. The summed E-state index contributed by atoms with van der Waals surface area (Å²) in [5.41, 5.74) is 1.88. The number of carbonyl (C=O) groups is 1. The highest BCUT2D eigenvalue weighted by Gasteiger charge is 2.19. The number of aryl methyl sites for hydroxylation is 2. The summed E-state index contributed by atoms with van der Waals surface area (Å²) >= 11 is 12.1. The Morgan fingerprint density at radius 3 is 2.68 bits per heavy atom. The third kappa shape index (κ3) is 2.82. The highest BCUT2D eigenvalue weighted by atomic mass is 35.5. The third-order valence-electron chi connectivity index (χ3n) is 2.88. The van der Waals surface area contributed by atoms with E-state index in [1.165, 1.54) is 6.20 Å². The fourth-order valence-electron chi connectivity index (χ4n) is 1.84. The summed E-state index contributed by atoms with van der Waals surface area (Å²) in [4.78, 5) is 12.5. The normalized spacial score (nSPS) is 10.7. The molecule has 0 atom stereocenters. The lowest BCUT2D eigenvalue weighted by molar-refractivity contribution is 0.102. The van der Waals surface area contributed by atoms with Crippen molar-refractivity contribution in [1.29, 1.82) is 0 Å². The second-order valence-corrected chi connectivity index (χ2v) is 5.17. The first kappa shape index (κ1) is 14.1. The topological polar surface area (TPSA) is 34.9 Å². The average Bonchev–Trinajstić information content (AvgIpc) is 2.74. The van der Waals surface area contributed by atoms with Crippen LogP contribution in [0, 0.1) is 6.92 Å². The minimum Gasteiger partial charge on any atom is -0.287 e. The number of rotatable bonds is 4. The minimum absolute atomic E-state index is 0.155. The Bertz CT molecular complexity index is 620. The Kier molecular flexibility index (Phi) is 4.27. The molecule has 19 heavy (non-hydrogen) atoms. The Morgan fingerprint density at radius 2 is 2.05 bits per heavy atom. The zero-order valence-corrected chi connectivity index (χ0v) is 12.3. The van der Waals surface area contributed by atoms with Gasteiger partial charge in [-0.2, -0.15) is 5.10 Å². The molecule has 3 nitrogen and oxygen atoms in total. The zero-order valence-electron chi connectivity index (χ0n) is 10.8. The van der Waals surface area contributed by atoms with Crippen LogP contribution in [0.4, 0.5) is 0 Å². The third-order valence-corrected chi connectivity index (χ3v) is 3.56. The van der Waals surface area contributed by atoms with E-state index in [1.54, 1.807) is 16.8 Å². The monoisotopic (exact) mass is 296 g/mol. The van der Waals surface area contributed by atoms with E-state index in [-0.39, 0.29) is 5.78 Å². The molecule has 0 aliphatic carbocycles. The highest BCUT2D eigenvalue weighted by Crippen LogP contribution is 2.23. The maximum atomic E-state index is 12.5. The first-order valence-corrected chi connectivity index (χ1v) is 6.82. The van der Waals surface area contributed by atoms with Crippen molar-refractivity contribution in [2.75, 3.05) is 0 Å². The van der Waals surface area contributed by atoms with Crippen molar-refractivity contribution in [2.24, 2.45) is 0 Å². The molecule has 0 bridgehead atoms. The molecule has 100 valence electrons.